The van der Waals surface area contributed by atoms with Gasteiger partial charge in [-0.25, -0.2) is 14.4 Å². The fourth-order valence-electron chi connectivity index (χ4n) is 2.76. The first-order chi connectivity index (χ1) is 12.2. The Hall–Kier alpha value is -2.19. The van der Waals surface area contributed by atoms with Gasteiger partial charge in [-0.05, 0) is 17.7 Å². The van der Waals surface area contributed by atoms with E-state index in [9.17, 15) is 4.39 Å². The number of hydrogen-bond acceptors (Lipinski definition) is 5. The molecule has 8 heteroatoms. The van der Waals surface area contributed by atoms with Crippen molar-refractivity contribution in [2.75, 3.05) is 38.2 Å². The number of nitrogens with two attached hydrogens (primary N) is 1. The van der Waals surface area contributed by atoms with E-state index in [0.29, 0.717) is 18.1 Å². The van der Waals surface area contributed by atoms with Crippen molar-refractivity contribution in [3.63, 3.8) is 0 Å². The maximum absolute atomic E-state index is 13.6. The molecule has 0 bridgehead atoms. The maximum Gasteiger partial charge on any atom is 0.191 e. The van der Waals surface area contributed by atoms with E-state index >= 15 is 0 Å². The highest BCUT2D eigenvalue weighted by Gasteiger charge is 2.19. The third kappa shape index (κ3) is 4.46. The third-order valence-corrected chi connectivity index (χ3v) is 4.96. The van der Waals surface area contributed by atoms with Gasteiger partial charge < -0.3 is 20.3 Å². The maximum atomic E-state index is 13.6. The largest absolute Gasteiger partial charge is 0.380 e. The molecule has 1 aromatic heterocycles. The van der Waals surface area contributed by atoms with Crippen LogP contribution in [-0.4, -0.2) is 49.1 Å². The Morgan fingerprint density at radius 2 is 2.16 bits per heavy atom. The highest BCUT2D eigenvalue weighted by molar-refractivity contribution is 7.13. The lowest BCUT2D eigenvalue weighted by Crippen LogP contribution is -2.51. The van der Waals surface area contributed by atoms with Crippen molar-refractivity contribution in [3.05, 3.63) is 46.7 Å². The number of hydrogen-bond donors (Lipinski definition) is 1. The molecular weight excluding hydrogens is 341 g/mol. The summed E-state index contributed by atoms with van der Waals surface area (Å²) in [6.45, 7) is 4.05. The Balaban J connectivity index is 1.56. The average molecular weight is 363 g/mol. The van der Waals surface area contributed by atoms with Crippen LogP contribution in [0.2, 0.25) is 0 Å². The van der Waals surface area contributed by atoms with Crippen molar-refractivity contribution < 1.29 is 9.13 Å². The predicted molar refractivity (Wildman–Crippen MR) is 98.3 cm³/mol. The van der Waals surface area contributed by atoms with Gasteiger partial charge in [-0.1, -0.05) is 6.07 Å². The summed E-state index contributed by atoms with van der Waals surface area (Å²) in [5, 5.41) is 3.03. The second kappa shape index (κ2) is 8.26. The summed E-state index contributed by atoms with van der Waals surface area (Å²) in [5.41, 5.74) is 7.58. The molecule has 134 valence electrons. The number of rotatable bonds is 5. The zero-order valence-corrected chi connectivity index (χ0v) is 15.0. The molecule has 2 aromatic rings. The van der Waals surface area contributed by atoms with Gasteiger partial charge in [-0.15, -0.1) is 11.3 Å². The summed E-state index contributed by atoms with van der Waals surface area (Å²) in [6, 6.07) is 4.95. The molecule has 0 amide bonds. The molecule has 25 heavy (non-hydrogen) atoms. The first-order valence-electron chi connectivity index (χ1n) is 8.13. The van der Waals surface area contributed by atoms with Gasteiger partial charge in [0.1, 0.15) is 5.82 Å². The summed E-state index contributed by atoms with van der Waals surface area (Å²) < 4.78 is 18.6. The first-order valence-corrected chi connectivity index (χ1v) is 9.01. The van der Waals surface area contributed by atoms with Crippen molar-refractivity contribution in [1.29, 1.82) is 0 Å². The Bertz CT molecular complexity index is 714. The molecule has 6 nitrogen and oxygen atoms in total. The molecular formula is C17H22FN5OS. The van der Waals surface area contributed by atoms with E-state index < -0.39 is 0 Å². The Kier molecular flexibility index (Phi) is 5.83. The number of halogens is 1. The van der Waals surface area contributed by atoms with Gasteiger partial charge in [0, 0.05) is 50.4 Å². The number of benzene rings is 1. The number of thiazole rings is 1. The van der Waals surface area contributed by atoms with E-state index in [1.165, 1.54) is 6.07 Å². The van der Waals surface area contributed by atoms with Crippen LogP contribution in [0.3, 0.4) is 0 Å². The lowest BCUT2D eigenvalue weighted by Gasteiger charge is -2.35. The Morgan fingerprint density at radius 1 is 1.36 bits per heavy atom. The minimum absolute atomic E-state index is 0.248. The van der Waals surface area contributed by atoms with Gasteiger partial charge in [0.25, 0.3) is 0 Å². The molecule has 0 spiro atoms. The third-order valence-electron chi connectivity index (χ3n) is 4.13. The predicted octanol–water partition coefficient (Wildman–Crippen LogP) is 2.07. The fourth-order valence-corrected chi connectivity index (χ4v) is 3.46. The number of ether oxygens (including phenoxy) is 1. The molecule has 1 saturated heterocycles. The molecule has 0 unspecified atom stereocenters. The van der Waals surface area contributed by atoms with Crippen LogP contribution in [0.25, 0.3) is 0 Å². The second-order valence-electron chi connectivity index (χ2n) is 5.82. The zero-order chi connectivity index (χ0) is 17.6. The molecule has 1 aliphatic heterocycles. The second-order valence-corrected chi connectivity index (χ2v) is 6.69. The van der Waals surface area contributed by atoms with Crippen molar-refractivity contribution in [3.8, 4) is 0 Å². The van der Waals surface area contributed by atoms with Crippen LogP contribution in [0.5, 0.6) is 0 Å². The van der Waals surface area contributed by atoms with Gasteiger partial charge in [-0.2, -0.15) is 0 Å². The minimum atomic E-state index is -0.263. The summed E-state index contributed by atoms with van der Waals surface area (Å²) in [4.78, 5) is 13.1. The van der Waals surface area contributed by atoms with Crippen LogP contribution in [-0.2, 0) is 17.9 Å². The van der Waals surface area contributed by atoms with E-state index in [1.54, 1.807) is 30.6 Å². The van der Waals surface area contributed by atoms with Crippen LogP contribution in [0, 0.1) is 5.82 Å². The lowest BCUT2D eigenvalue weighted by molar-refractivity contribution is 0.181. The molecule has 1 aromatic carbocycles. The SMILES string of the molecule is COCc1cc(CN=C(N)N2CCN(c3nccs3)CC2)ccc1F. The molecule has 1 aliphatic rings. The summed E-state index contributed by atoms with van der Waals surface area (Å²) >= 11 is 1.65. The van der Waals surface area contributed by atoms with Crippen molar-refractivity contribution in [2.24, 2.45) is 10.7 Å². The van der Waals surface area contributed by atoms with Gasteiger partial charge >= 0.3 is 0 Å². The number of guanidine groups is 1. The monoisotopic (exact) mass is 363 g/mol. The normalized spacial score (nSPS) is 15.7. The van der Waals surface area contributed by atoms with Crippen molar-refractivity contribution in [1.82, 2.24) is 9.88 Å². The lowest BCUT2D eigenvalue weighted by atomic mass is 10.1. The first kappa shape index (κ1) is 17.6. The van der Waals surface area contributed by atoms with E-state index in [4.69, 9.17) is 10.5 Å². The summed E-state index contributed by atoms with van der Waals surface area (Å²) in [5.74, 6) is 0.261. The molecule has 2 N–H and O–H groups in total. The number of aromatic nitrogens is 1. The minimum Gasteiger partial charge on any atom is -0.380 e. The number of anilines is 1. The van der Waals surface area contributed by atoms with E-state index in [1.807, 2.05) is 11.6 Å². The molecule has 0 saturated carbocycles. The van der Waals surface area contributed by atoms with Crippen LogP contribution >= 0.6 is 11.3 Å². The smallest absolute Gasteiger partial charge is 0.191 e. The standard InChI is InChI=1S/C17H22FN5OS/c1-24-12-14-10-13(2-3-15(14)18)11-21-16(19)22-5-7-23(8-6-22)17-20-4-9-25-17/h2-4,9-10H,5-8,11-12H2,1H3,(H2,19,21). The quantitative estimate of drug-likeness (QED) is 0.651. The number of nitrogens with zero attached hydrogens (tertiary/aromatic N) is 4. The van der Waals surface area contributed by atoms with Crippen LogP contribution < -0.4 is 10.6 Å². The van der Waals surface area contributed by atoms with Gasteiger partial charge in [0.15, 0.2) is 11.1 Å². The topological polar surface area (TPSA) is 67.0 Å². The van der Waals surface area contributed by atoms with Gasteiger partial charge in [0.05, 0.1) is 13.2 Å². The van der Waals surface area contributed by atoms with Crippen LogP contribution in [0.1, 0.15) is 11.1 Å². The van der Waals surface area contributed by atoms with Crippen LogP contribution in [0.15, 0.2) is 34.8 Å². The highest BCUT2D eigenvalue weighted by Crippen LogP contribution is 2.19. The van der Waals surface area contributed by atoms with E-state index in [-0.39, 0.29) is 12.4 Å². The number of methoxy groups -OCH3 is 1. The zero-order valence-electron chi connectivity index (χ0n) is 14.2. The average Bonchev–Trinajstić information content (AvgIpc) is 3.17. The number of piperazine rings is 1. The molecule has 0 aliphatic carbocycles. The van der Waals surface area contributed by atoms with Crippen molar-refractivity contribution >= 4 is 22.4 Å². The molecule has 2 heterocycles. The van der Waals surface area contributed by atoms with Crippen molar-refractivity contribution in [2.45, 2.75) is 13.2 Å². The van der Waals surface area contributed by atoms with E-state index in [0.717, 1.165) is 36.9 Å². The summed E-state index contributed by atoms with van der Waals surface area (Å²) in [7, 11) is 1.55. The van der Waals surface area contributed by atoms with Gasteiger partial charge in [-0.3, -0.25) is 0 Å². The summed E-state index contributed by atoms with van der Waals surface area (Å²) in [6.07, 6.45) is 1.82. The Labute approximate surface area is 150 Å². The fraction of sp³-hybridized carbons (Fsp3) is 0.412. The Morgan fingerprint density at radius 3 is 2.84 bits per heavy atom. The molecule has 0 radical (unpaired) electrons. The van der Waals surface area contributed by atoms with Gasteiger partial charge in [0.2, 0.25) is 0 Å². The number of aliphatic imine (C=N–C) groups is 1. The van der Waals surface area contributed by atoms with Crippen LogP contribution in [0.4, 0.5) is 9.52 Å². The van der Waals surface area contributed by atoms with E-state index in [2.05, 4.69) is 19.8 Å². The highest BCUT2D eigenvalue weighted by atomic mass is 32.1. The molecule has 1 fully saturated rings. The molecule has 3 rings (SSSR count). The molecule has 0 atom stereocenters.